The van der Waals surface area contributed by atoms with Gasteiger partial charge in [-0.2, -0.15) is 17.7 Å². The Morgan fingerprint density at radius 2 is 2.14 bits per heavy atom. The van der Waals surface area contributed by atoms with Gasteiger partial charge in [0.25, 0.3) is 0 Å². The molecule has 0 spiro atoms. The van der Waals surface area contributed by atoms with Gasteiger partial charge >= 0.3 is 0 Å². The molecule has 0 aromatic carbocycles. The minimum Gasteiger partial charge on any atom is -0.490 e. The molecule has 80 valence electrons. The third-order valence-electron chi connectivity index (χ3n) is 2.00. The summed E-state index contributed by atoms with van der Waals surface area (Å²) in [6.07, 6.45) is 8.42. The van der Waals surface area contributed by atoms with Crippen LogP contribution < -0.4 is 4.74 Å². The first-order valence-corrected chi connectivity index (χ1v) is 5.68. The van der Waals surface area contributed by atoms with E-state index in [1.807, 2.05) is 13.2 Å². The van der Waals surface area contributed by atoms with E-state index in [0.29, 0.717) is 0 Å². The summed E-state index contributed by atoms with van der Waals surface area (Å²) in [7, 11) is 1.89. The number of aromatic nitrogens is 2. The van der Waals surface area contributed by atoms with Crippen LogP contribution in [0.2, 0.25) is 0 Å². The lowest BCUT2D eigenvalue weighted by atomic mass is 10.2. The van der Waals surface area contributed by atoms with Crippen LogP contribution in [0.1, 0.15) is 25.7 Å². The maximum atomic E-state index is 5.50. The third kappa shape index (κ3) is 4.56. The van der Waals surface area contributed by atoms with E-state index in [1.54, 1.807) is 10.9 Å². The summed E-state index contributed by atoms with van der Waals surface area (Å²) in [4.78, 5) is 0. The normalized spacial score (nSPS) is 10.4. The predicted molar refractivity (Wildman–Crippen MR) is 61.0 cm³/mol. The van der Waals surface area contributed by atoms with E-state index in [0.717, 1.165) is 24.5 Å². The van der Waals surface area contributed by atoms with Crippen LogP contribution in [-0.2, 0) is 7.05 Å². The van der Waals surface area contributed by atoms with Gasteiger partial charge in [0, 0.05) is 7.05 Å². The second-order valence-electron chi connectivity index (χ2n) is 3.34. The fourth-order valence-corrected chi connectivity index (χ4v) is 1.45. The Morgan fingerprint density at radius 1 is 1.36 bits per heavy atom. The van der Waals surface area contributed by atoms with Crippen LogP contribution in [0.15, 0.2) is 12.4 Å². The third-order valence-corrected chi connectivity index (χ3v) is 2.32. The molecular formula is C10H18N2OS. The molecule has 0 bridgehead atoms. The highest BCUT2D eigenvalue weighted by Crippen LogP contribution is 2.08. The highest BCUT2D eigenvalue weighted by Gasteiger charge is 1.95. The van der Waals surface area contributed by atoms with Crippen molar-refractivity contribution in [3.63, 3.8) is 0 Å². The van der Waals surface area contributed by atoms with Crippen LogP contribution >= 0.6 is 12.6 Å². The number of thiol groups is 1. The molecule has 0 unspecified atom stereocenters. The zero-order valence-corrected chi connectivity index (χ0v) is 9.54. The van der Waals surface area contributed by atoms with Crippen molar-refractivity contribution in [3.8, 4) is 5.75 Å². The zero-order valence-electron chi connectivity index (χ0n) is 8.65. The van der Waals surface area contributed by atoms with Gasteiger partial charge in [0.2, 0.25) is 0 Å². The fraction of sp³-hybridized carbons (Fsp3) is 0.700. The summed E-state index contributed by atoms with van der Waals surface area (Å²) in [6, 6.07) is 0. The molecule has 0 saturated heterocycles. The molecule has 14 heavy (non-hydrogen) atoms. The van der Waals surface area contributed by atoms with Crippen LogP contribution in [0.5, 0.6) is 5.75 Å². The summed E-state index contributed by atoms with van der Waals surface area (Å²) in [5.41, 5.74) is 0. The molecule has 0 saturated carbocycles. The second kappa shape index (κ2) is 6.76. The number of unbranched alkanes of at least 4 members (excludes halogenated alkanes) is 3. The van der Waals surface area contributed by atoms with Crippen molar-refractivity contribution in [1.82, 2.24) is 9.78 Å². The topological polar surface area (TPSA) is 27.1 Å². The summed E-state index contributed by atoms with van der Waals surface area (Å²) in [5.74, 6) is 1.85. The summed E-state index contributed by atoms with van der Waals surface area (Å²) in [6.45, 7) is 0.790. The molecule has 0 atom stereocenters. The standard InChI is InChI=1S/C10H18N2OS/c1-12-9-10(8-11-12)13-6-4-2-3-5-7-14/h8-9,14H,2-7H2,1H3. The Bertz CT molecular complexity index is 250. The molecule has 4 heteroatoms. The fourth-order valence-electron chi connectivity index (χ4n) is 1.23. The highest BCUT2D eigenvalue weighted by atomic mass is 32.1. The number of aryl methyl sites for hydroxylation is 1. The quantitative estimate of drug-likeness (QED) is 0.557. The van der Waals surface area contributed by atoms with Gasteiger partial charge in [0.05, 0.1) is 19.0 Å². The first kappa shape index (κ1) is 11.4. The van der Waals surface area contributed by atoms with Crippen LogP contribution in [0, 0.1) is 0 Å². The van der Waals surface area contributed by atoms with Crippen molar-refractivity contribution in [2.45, 2.75) is 25.7 Å². The molecule has 0 fully saturated rings. The maximum absolute atomic E-state index is 5.50. The van der Waals surface area contributed by atoms with Crippen molar-refractivity contribution in [2.24, 2.45) is 7.05 Å². The van der Waals surface area contributed by atoms with Crippen LogP contribution in [-0.4, -0.2) is 22.1 Å². The van der Waals surface area contributed by atoms with E-state index in [-0.39, 0.29) is 0 Å². The van der Waals surface area contributed by atoms with Gasteiger partial charge in [-0.25, -0.2) is 0 Å². The summed E-state index contributed by atoms with van der Waals surface area (Å²) >= 11 is 4.16. The predicted octanol–water partition coefficient (Wildman–Crippen LogP) is 2.29. The van der Waals surface area contributed by atoms with Gasteiger partial charge in [-0.05, 0) is 18.6 Å². The minimum absolute atomic E-state index is 0.790. The monoisotopic (exact) mass is 214 g/mol. The summed E-state index contributed by atoms with van der Waals surface area (Å²) < 4.78 is 7.25. The maximum Gasteiger partial charge on any atom is 0.157 e. The number of ether oxygens (including phenoxy) is 1. The number of hydrogen-bond acceptors (Lipinski definition) is 3. The van der Waals surface area contributed by atoms with E-state index < -0.39 is 0 Å². The molecule has 0 radical (unpaired) electrons. The average Bonchev–Trinajstić information content (AvgIpc) is 2.58. The van der Waals surface area contributed by atoms with Gasteiger partial charge in [-0.3, -0.25) is 4.68 Å². The van der Waals surface area contributed by atoms with E-state index in [2.05, 4.69) is 17.7 Å². The van der Waals surface area contributed by atoms with E-state index >= 15 is 0 Å². The van der Waals surface area contributed by atoms with Crippen molar-refractivity contribution in [1.29, 1.82) is 0 Å². The Kier molecular flexibility index (Phi) is 5.52. The smallest absolute Gasteiger partial charge is 0.157 e. The van der Waals surface area contributed by atoms with Crippen molar-refractivity contribution < 1.29 is 4.74 Å². The Morgan fingerprint density at radius 3 is 2.79 bits per heavy atom. The number of rotatable bonds is 7. The minimum atomic E-state index is 0.790. The van der Waals surface area contributed by atoms with Gasteiger partial charge in [-0.1, -0.05) is 12.8 Å². The molecule has 0 aliphatic carbocycles. The number of nitrogens with zero attached hydrogens (tertiary/aromatic N) is 2. The Labute approximate surface area is 90.9 Å². The molecule has 1 heterocycles. The average molecular weight is 214 g/mol. The van der Waals surface area contributed by atoms with Crippen LogP contribution in [0.4, 0.5) is 0 Å². The van der Waals surface area contributed by atoms with Gasteiger partial charge in [-0.15, -0.1) is 0 Å². The lowest BCUT2D eigenvalue weighted by Gasteiger charge is -2.02. The van der Waals surface area contributed by atoms with Crippen molar-refractivity contribution >= 4 is 12.6 Å². The first-order valence-electron chi connectivity index (χ1n) is 5.05. The molecule has 0 aliphatic rings. The molecule has 0 aliphatic heterocycles. The molecule has 0 amide bonds. The first-order chi connectivity index (χ1) is 6.83. The molecule has 1 aromatic rings. The molecule has 3 nitrogen and oxygen atoms in total. The zero-order chi connectivity index (χ0) is 10.2. The largest absolute Gasteiger partial charge is 0.490 e. The van der Waals surface area contributed by atoms with E-state index in [9.17, 15) is 0 Å². The van der Waals surface area contributed by atoms with Gasteiger partial charge < -0.3 is 4.74 Å². The molecule has 1 aromatic heterocycles. The van der Waals surface area contributed by atoms with Crippen LogP contribution in [0.25, 0.3) is 0 Å². The van der Waals surface area contributed by atoms with Gasteiger partial charge in [0.1, 0.15) is 0 Å². The molecular weight excluding hydrogens is 196 g/mol. The van der Waals surface area contributed by atoms with Crippen LogP contribution in [0.3, 0.4) is 0 Å². The Hall–Kier alpha value is -0.640. The van der Waals surface area contributed by atoms with Crippen molar-refractivity contribution in [2.75, 3.05) is 12.4 Å². The highest BCUT2D eigenvalue weighted by molar-refractivity contribution is 7.80. The SMILES string of the molecule is Cn1cc(OCCCCCCS)cn1. The second-order valence-corrected chi connectivity index (χ2v) is 3.78. The van der Waals surface area contributed by atoms with E-state index in [1.165, 1.54) is 19.3 Å². The van der Waals surface area contributed by atoms with E-state index in [4.69, 9.17) is 4.74 Å². The number of hydrogen-bond donors (Lipinski definition) is 1. The molecule has 1 rings (SSSR count). The molecule has 0 N–H and O–H groups in total. The summed E-state index contributed by atoms with van der Waals surface area (Å²) in [5, 5.41) is 4.03. The Balaban J connectivity index is 1.99. The lowest BCUT2D eigenvalue weighted by molar-refractivity contribution is 0.305. The van der Waals surface area contributed by atoms with Crippen molar-refractivity contribution in [3.05, 3.63) is 12.4 Å². The van der Waals surface area contributed by atoms with Gasteiger partial charge in [0.15, 0.2) is 5.75 Å². The lowest BCUT2D eigenvalue weighted by Crippen LogP contribution is -1.96.